The lowest BCUT2D eigenvalue weighted by Crippen LogP contribution is -2.42. The summed E-state index contributed by atoms with van der Waals surface area (Å²) in [5.41, 5.74) is 1.23. The zero-order chi connectivity index (χ0) is 10.1. The SMILES string of the molecule is Cc1ccn(CC(C)(C)N(C)C)n1. The molecule has 74 valence electrons. The second-order valence-corrected chi connectivity index (χ2v) is 4.36. The van der Waals surface area contributed by atoms with Crippen LogP contribution >= 0.6 is 0 Å². The summed E-state index contributed by atoms with van der Waals surface area (Å²) in [5, 5.41) is 4.37. The Bertz CT molecular complexity index is 273. The van der Waals surface area contributed by atoms with Gasteiger partial charge >= 0.3 is 0 Å². The fraction of sp³-hybridized carbons (Fsp3) is 0.700. The van der Waals surface area contributed by atoms with Crippen molar-refractivity contribution in [2.75, 3.05) is 14.1 Å². The van der Waals surface area contributed by atoms with Crippen molar-refractivity contribution >= 4 is 0 Å². The Labute approximate surface area is 80.4 Å². The normalized spacial score (nSPS) is 12.5. The molecule has 0 saturated heterocycles. The molecule has 1 rings (SSSR count). The van der Waals surface area contributed by atoms with Gasteiger partial charge in [0, 0.05) is 11.7 Å². The molecule has 0 atom stereocenters. The maximum absolute atomic E-state index is 4.37. The fourth-order valence-electron chi connectivity index (χ4n) is 1.09. The van der Waals surface area contributed by atoms with Gasteiger partial charge in [0.1, 0.15) is 0 Å². The van der Waals surface area contributed by atoms with Crippen molar-refractivity contribution < 1.29 is 0 Å². The van der Waals surface area contributed by atoms with E-state index in [0.29, 0.717) is 0 Å². The highest BCUT2D eigenvalue weighted by Crippen LogP contribution is 2.12. The van der Waals surface area contributed by atoms with Gasteiger partial charge in [-0.3, -0.25) is 4.68 Å². The summed E-state index contributed by atoms with van der Waals surface area (Å²) in [6.07, 6.45) is 2.03. The molecular formula is C10H19N3. The molecule has 13 heavy (non-hydrogen) atoms. The van der Waals surface area contributed by atoms with Crippen LogP contribution in [0.15, 0.2) is 12.3 Å². The standard InChI is InChI=1S/C10H19N3/c1-9-6-7-13(11-9)8-10(2,3)12(4)5/h6-7H,8H2,1-5H3. The molecule has 0 fully saturated rings. The van der Waals surface area contributed by atoms with Crippen molar-refractivity contribution in [2.24, 2.45) is 0 Å². The minimum atomic E-state index is 0.151. The average Bonchev–Trinajstić information content (AvgIpc) is 2.34. The largest absolute Gasteiger partial charge is 0.302 e. The number of hydrogen-bond donors (Lipinski definition) is 0. The second kappa shape index (κ2) is 3.50. The Morgan fingerprint density at radius 3 is 2.46 bits per heavy atom. The van der Waals surface area contributed by atoms with E-state index in [4.69, 9.17) is 0 Å². The Hall–Kier alpha value is -0.830. The Morgan fingerprint density at radius 2 is 2.08 bits per heavy atom. The quantitative estimate of drug-likeness (QED) is 0.705. The van der Waals surface area contributed by atoms with Gasteiger partial charge in [-0.05, 0) is 40.9 Å². The number of aromatic nitrogens is 2. The molecule has 1 heterocycles. The molecular weight excluding hydrogens is 162 g/mol. The molecule has 0 amide bonds. The highest BCUT2D eigenvalue weighted by molar-refractivity contribution is 4.95. The van der Waals surface area contributed by atoms with Crippen LogP contribution in [0.3, 0.4) is 0 Å². The van der Waals surface area contributed by atoms with Crippen LogP contribution in [0.1, 0.15) is 19.5 Å². The van der Waals surface area contributed by atoms with Crippen molar-refractivity contribution in [3.63, 3.8) is 0 Å². The topological polar surface area (TPSA) is 21.1 Å². The molecule has 0 aliphatic carbocycles. The van der Waals surface area contributed by atoms with Crippen LogP contribution in [0.25, 0.3) is 0 Å². The van der Waals surface area contributed by atoms with E-state index in [1.165, 1.54) is 0 Å². The van der Waals surface area contributed by atoms with Crippen LogP contribution in [0.5, 0.6) is 0 Å². The summed E-state index contributed by atoms with van der Waals surface area (Å²) in [5.74, 6) is 0. The first-order valence-corrected chi connectivity index (χ1v) is 4.59. The number of hydrogen-bond acceptors (Lipinski definition) is 2. The van der Waals surface area contributed by atoms with Crippen LogP contribution in [-0.4, -0.2) is 34.3 Å². The number of likely N-dealkylation sites (N-methyl/N-ethyl adjacent to an activating group) is 1. The van der Waals surface area contributed by atoms with E-state index in [2.05, 4.69) is 37.9 Å². The third-order valence-electron chi connectivity index (χ3n) is 2.53. The molecule has 0 spiro atoms. The van der Waals surface area contributed by atoms with Crippen LogP contribution in [0, 0.1) is 6.92 Å². The lowest BCUT2D eigenvalue weighted by Gasteiger charge is -2.32. The van der Waals surface area contributed by atoms with Crippen LogP contribution in [-0.2, 0) is 6.54 Å². The van der Waals surface area contributed by atoms with Crippen molar-refractivity contribution in [1.82, 2.24) is 14.7 Å². The minimum absolute atomic E-state index is 0.151. The molecule has 1 aromatic rings. The molecule has 0 N–H and O–H groups in total. The molecule has 0 radical (unpaired) electrons. The van der Waals surface area contributed by atoms with E-state index in [9.17, 15) is 0 Å². The number of nitrogens with zero attached hydrogens (tertiary/aromatic N) is 3. The van der Waals surface area contributed by atoms with Crippen LogP contribution < -0.4 is 0 Å². The summed E-state index contributed by atoms with van der Waals surface area (Å²) in [7, 11) is 4.19. The maximum Gasteiger partial charge on any atom is 0.0593 e. The van der Waals surface area contributed by atoms with Crippen molar-refractivity contribution in [3.05, 3.63) is 18.0 Å². The van der Waals surface area contributed by atoms with Gasteiger partial charge in [0.25, 0.3) is 0 Å². The molecule has 0 unspecified atom stereocenters. The zero-order valence-corrected chi connectivity index (χ0v) is 9.20. The number of rotatable bonds is 3. The molecule has 3 heteroatoms. The predicted molar refractivity (Wildman–Crippen MR) is 54.7 cm³/mol. The van der Waals surface area contributed by atoms with Crippen molar-refractivity contribution in [3.8, 4) is 0 Å². The highest BCUT2D eigenvalue weighted by atomic mass is 15.3. The van der Waals surface area contributed by atoms with Crippen LogP contribution in [0.4, 0.5) is 0 Å². The minimum Gasteiger partial charge on any atom is -0.302 e. The smallest absolute Gasteiger partial charge is 0.0593 e. The average molecular weight is 181 g/mol. The summed E-state index contributed by atoms with van der Waals surface area (Å²) in [6, 6.07) is 2.03. The van der Waals surface area contributed by atoms with E-state index in [1.54, 1.807) is 0 Å². The Kier molecular flexibility index (Phi) is 2.76. The molecule has 0 bridgehead atoms. The molecule has 1 aromatic heterocycles. The van der Waals surface area contributed by atoms with Gasteiger partial charge in [-0.15, -0.1) is 0 Å². The van der Waals surface area contributed by atoms with Gasteiger partial charge in [0.15, 0.2) is 0 Å². The van der Waals surface area contributed by atoms with Gasteiger partial charge in [0.2, 0.25) is 0 Å². The maximum atomic E-state index is 4.37. The zero-order valence-electron chi connectivity index (χ0n) is 9.20. The van der Waals surface area contributed by atoms with Gasteiger partial charge in [-0.25, -0.2) is 0 Å². The highest BCUT2D eigenvalue weighted by Gasteiger charge is 2.20. The molecule has 0 aromatic carbocycles. The second-order valence-electron chi connectivity index (χ2n) is 4.36. The third kappa shape index (κ3) is 2.56. The molecule has 0 aliphatic heterocycles. The molecule has 3 nitrogen and oxygen atoms in total. The summed E-state index contributed by atoms with van der Waals surface area (Å²) < 4.78 is 2.00. The van der Waals surface area contributed by atoms with E-state index in [0.717, 1.165) is 12.2 Å². The van der Waals surface area contributed by atoms with Gasteiger partial charge in [-0.1, -0.05) is 0 Å². The van der Waals surface area contributed by atoms with Gasteiger partial charge in [-0.2, -0.15) is 5.10 Å². The van der Waals surface area contributed by atoms with E-state index in [1.807, 2.05) is 23.9 Å². The summed E-state index contributed by atoms with van der Waals surface area (Å²) in [6.45, 7) is 7.36. The summed E-state index contributed by atoms with van der Waals surface area (Å²) in [4.78, 5) is 2.21. The molecule has 0 saturated carbocycles. The van der Waals surface area contributed by atoms with Crippen molar-refractivity contribution in [1.29, 1.82) is 0 Å². The van der Waals surface area contributed by atoms with E-state index in [-0.39, 0.29) is 5.54 Å². The van der Waals surface area contributed by atoms with Gasteiger partial charge < -0.3 is 4.90 Å². The fourth-order valence-corrected chi connectivity index (χ4v) is 1.09. The first kappa shape index (κ1) is 10.3. The Balaban J connectivity index is 2.68. The van der Waals surface area contributed by atoms with Crippen molar-refractivity contribution in [2.45, 2.75) is 32.9 Å². The first-order chi connectivity index (χ1) is 5.92. The number of aryl methyl sites for hydroxylation is 1. The van der Waals surface area contributed by atoms with Crippen LogP contribution in [0.2, 0.25) is 0 Å². The van der Waals surface area contributed by atoms with E-state index >= 15 is 0 Å². The third-order valence-corrected chi connectivity index (χ3v) is 2.53. The predicted octanol–water partition coefficient (Wildman–Crippen LogP) is 1.53. The molecule has 0 aliphatic rings. The lowest BCUT2D eigenvalue weighted by molar-refractivity contribution is 0.163. The Morgan fingerprint density at radius 1 is 1.46 bits per heavy atom. The summed E-state index contributed by atoms with van der Waals surface area (Å²) >= 11 is 0. The monoisotopic (exact) mass is 181 g/mol. The lowest BCUT2D eigenvalue weighted by atomic mass is 10.1. The van der Waals surface area contributed by atoms with E-state index < -0.39 is 0 Å². The first-order valence-electron chi connectivity index (χ1n) is 4.59. The van der Waals surface area contributed by atoms with Gasteiger partial charge in [0.05, 0.1) is 12.2 Å².